The van der Waals surface area contributed by atoms with E-state index in [-0.39, 0.29) is 10.9 Å². The minimum Gasteiger partial charge on any atom is -0.462 e. The van der Waals surface area contributed by atoms with E-state index < -0.39 is 0 Å². The van der Waals surface area contributed by atoms with Crippen molar-refractivity contribution in [1.82, 2.24) is 25.1 Å². The molecule has 2 aromatic rings. The van der Waals surface area contributed by atoms with E-state index in [2.05, 4.69) is 30.0 Å². The molecule has 2 fully saturated rings. The highest BCUT2D eigenvalue weighted by Gasteiger charge is 2.23. The Hall–Kier alpha value is -1.97. The summed E-state index contributed by atoms with van der Waals surface area (Å²) in [5.74, 6) is 0.874. The Kier molecular flexibility index (Phi) is 7.26. The molecule has 2 aliphatic rings. The molecule has 2 aromatic heterocycles. The van der Waals surface area contributed by atoms with Crippen molar-refractivity contribution < 1.29 is 14.3 Å². The molecule has 0 radical (unpaired) electrons. The standard InChI is InChI=1S/C14H19ClN6O.C5H10O2/c15-14-18-12(20-5-7-22-8-6-20)11-9-17-21(13(11)19-14)10-1-3-16-4-2-10;1-5(2,3)7-4-6/h9-10,16H,1-8H2;4H,1-3H3. The Morgan fingerprint density at radius 3 is 2.52 bits per heavy atom. The molecule has 2 saturated heterocycles. The molecule has 29 heavy (non-hydrogen) atoms. The van der Waals surface area contributed by atoms with E-state index in [1.54, 1.807) is 0 Å². The van der Waals surface area contributed by atoms with Crippen LogP contribution in [-0.4, -0.2) is 71.2 Å². The van der Waals surface area contributed by atoms with Crippen LogP contribution in [0.1, 0.15) is 39.7 Å². The van der Waals surface area contributed by atoms with E-state index in [0.29, 0.717) is 25.7 Å². The number of aromatic nitrogens is 4. The zero-order valence-electron chi connectivity index (χ0n) is 17.2. The van der Waals surface area contributed by atoms with Crippen molar-refractivity contribution in [3.8, 4) is 0 Å². The molecule has 0 atom stereocenters. The quantitative estimate of drug-likeness (QED) is 0.592. The number of carbonyl (C=O) groups is 1. The zero-order chi connectivity index (χ0) is 20.9. The van der Waals surface area contributed by atoms with Crippen molar-refractivity contribution in [2.24, 2.45) is 0 Å². The fraction of sp³-hybridized carbons (Fsp3) is 0.684. The minimum absolute atomic E-state index is 0.282. The van der Waals surface area contributed by atoms with Gasteiger partial charge in [0.05, 0.1) is 30.8 Å². The Balaban J connectivity index is 0.000000298. The number of fused-ring (bicyclic) bond motifs is 1. The molecule has 1 N–H and O–H groups in total. The molecule has 4 rings (SSSR count). The molecule has 4 heterocycles. The maximum absolute atomic E-state index is 9.60. The van der Waals surface area contributed by atoms with E-state index in [9.17, 15) is 4.79 Å². The van der Waals surface area contributed by atoms with Crippen LogP contribution in [0.15, 0.2) is 6.20 Å². The number of hydrogen-bond donors (Lipinski definition) is 1. The van der Waals surface area contributed by atoms with Crippen LogP contribution in [0.2, 0.25) is 5.28 Å². The lowest BCUT2D eigenvalue weighted by atomic mass is 10.1. The average Bonchev–Trinajstić information content (AvgIpc) is 3.12. The topological polar surface area (TPSA) is 94.4 Å². The van der Waals surface area contributed by atoms with Crippen molar-refractivity contribution in [3.63, 3.8) is 0 Å². The largest absolute Gasteiger partial charge is 0.462 e. The van der Waals surface area contributed by atoms with Crippen molar-refractivity contribution in [1.29, 1.82) is 0 Å². The predicted molar refractivity (Wildman–Crippen MR) is 111 cm³/mol. The third-order valence-electron chi connectivity index (χ3n) is 4.77. The highest BCUT2D eigenvalue weighted by atomic mass is 35.5. The van der Waals surface area contributed by atoms with Crippen molar-refractivity contribution in [3.05, 3.63) is 11.5 Å². The second-order valence-electron chi connectivity index (χ2n) is 8.05. The number of nitrogens with zero attached hydrogens (tertiary/aromatic N) is 5. The lowest BCUT2D eigenvalue weighted by Crippen LogP contribution is -2.37. The Morgan fingerprint density at radius 2 is 1.93 bits per heavy atom. The highest BCUT2D eigenvalue weighted by molar-refractivity contribution is 6.28. The molecule has 160 valence electrons. The van der Waals surface area contributed by atoms with E-state index in [0.717, 1.165) is 55.9 Å². The fourth-order valence-electron chi connectivity index (χ4n) is 3.36. The number of rotatable bonds is 3. The number of hydrogen-bond acceptors (Lipinski definition) is 8. The van der Waals surface area contributed by atoms with Gasteiger partial charge in [0.2, 0.25) is 5.28 Å². The third-order valence-corrected chi connectivity index (χ3v) is 4.94. The van der Waals surface area contributed by atoms with Crippen LogP contribution in [0.3, 0.4) is 0 Å². The first kappa shape index (κ1) is 21.7. The molecule has 0 bridgehead atoms. The average molecular weight is 425 g/mol. The summed E-state index contributed by atoms with van der Waals surface area (Å²) in [6, 6.07) is 0.377. The van der Waals surface area contributed by atoms with Crippen LogP contribution in [0.25, 0.3) is 11.0 Å². The molecule has 0 spiro atoms. The summed E-state index contributed by atoms with van der Waals surface area (Å²) in [4.78, 5) is 20.7. The van der Waals surface area contributed by atoms with E-state index in [4.69, 9.17) is 16.3 Å². The predicted octanol–water partition coefficient (Wildman–Crippen LogP) is 2.20. The monoisotopic (exact) mass is 424 g/mol. The lowest BCUT2D eigenvalue weighted by Gasteiger charge is -2.28. The first-order valence-electron chi connectivity index (χ1n) is 9.94. The van der Waals surface area contributed by atoms with Crippen molar-refractivity contribution in [2.75, 3.05) is 44.3 Å². The lowest BCUT2D eigenvalue weighted by molar-refractivity contribution is -0.138. The Bertz CT molecular complexity index is 810. The maximum atomic E-state index is 9.60. The molecule has 2 aliphatic heterocycles. The summed E-state index contributed by atoms with van der Waals surface area (Å²) in [6.45, 7) is 11.0. The first-order chi connectivity index (χ1) is 13.9. The molecule has 10 heteroatoms. The first-order valence-corrected chi connectivity index (χ1v) is 10.3. The molecule has 0 aliphatic carbocycles. The van der Waals surface area contributed by atoms with Crippen LogP contribution in [-0.2, 0) is 14.3 Å². The van der Waals surface area contributed by atoms with Gasteiger partial charge in [-0.1, -0.05) is 0 Å². The second kappa shape index (κ2) is 9.69. The van der Waals surface area contributed by atoms with Gasteiger partial charge in [-0.3, -0.25) is 4.79 Å². The number of carbonyl (C=O) groups excluding carboxylic acids is 1. The van der Waals surface area contributed by atoms with Crippen LogP contribution in [0.5, 0.6) is 0 Å². The van der Waals surface area contributed by atoms with Gasteiger partial charge in [-0.15, -0.1) is 0 Å². The number of nitrogens with one attached hydrogen (secondary N) is 1. The van der Waals surface area contributed by atoms with Crippen LogP contribution >= 0.6 is 11.6 Å². The summed E-state index contributed by atoms with van der Waals surface area (Å²) in [7, 11) is 0. The van der Waals surface area contributed by atoms with Gasteiger partial charge in [0, 0.05) is 13.1 Å². The number of ether oxygens (including phenoxy) is 2. The maximum Gasteiger partial charge on any atom is 0.293 e. The summed E-state index contributed by atoms with van der Waals surface area (Å²) in [6.07, 6.45) is 4.00. The van der Waals surface area contributed by atoms with Crippen molar-refractivity contribution >= 4 is 34.9 Å². The van der Waals surface area contributed by atoms with E-state index in [1.807, 2.05) is 31.6 Å². The Labute approximate surface area is 175 Å². The number of anilines is 1. The normalized spacial score (nSPS) is 18.3. The third kappa shape index (κ3) is 5.77. The summed E-state index contributed by atoms with van der Waals surface area (Å²) < 4.78 is 12.0. The summed E-state index contributed by atoms with van der Waals surface area (Å²) >= 11 is 6.18. The smallest absolute Gasteiger partial charge is 0.293 e. The Morgan fingerprint density at radius 1 is 1.24 bits per heavy atom. The zero-order valence-corrected chi connectivity index (χ0v) is 18.0. The number of morpholine rings is 1. The van der Waals surface area contributed by atoms with Gasteiger partial charge in [0.1, 0.15) is 11.4 Å². The molecule has 0 aromatic carbocycles. The molecule has 0 unspecified atom stereocenters. The highest BCUT2D eigenvalue weighted by Crippen LogP contribution is 2.29. The van der Waals surface area contributed by atoms with Crippen LogP contribution in [0, 0.1) is 0 Å². The van der Waals surface area contributed by atoms with Gasteiger partial charge >= 0.3 is 0 Å². The van der Waals surface area contributed by atoms with Crippen LogP contribution < -0.4 is 10.2 Å². The van der Waals surface area contributed by atoms with Gasteiger partial charge in [0.15, 0.2) is 5.65 Å². The molecular weight excluding hydrogens is 396 g/mol. The van der Waals surface area contributed by atoms with Gasteiger partial charge in [-0.25, -0.2) is 4.68 Å². The fourth-order valence-corrected chi connectivity index (χ4v) is 3.52. The summed E-state index contributed by atoms with van der Waals surface area (Å²) in [5, 5.41) is 9.22. The molecule has 9 nitrogen and oxygen atoms in total. The number of halogens is 1. The van der Waals surface area contributed by atoms with Gasteiger partial charge in [0.25, 0.3) is 6.47 Å². The van der Waals surface area contributed by atoms with Gasteiger partial charge in [-0.2, -0.15) is 15.1 Å². The van der Waals surface area contributed by atoms with Gasteiger partial charge < -0.3 is 19.7 Å². The summed E-state index contributed by atoms with van der Waals surface area (Å²) in [5.41, 5.74) is 0.523. The van der Waals surface area contributed by atoms with E-state index in [1.165, 1.54) is 0 Å². The second-order valence-corrected chi connectivity index (χ2v) is 8.39. The molecule has 0 saturated carbocycles. The van der Waals surface area contributed by atoms with E-state index >= 15 is 0 Å². The van der Waals surface area contributed by atoms with Crippen LogP contribution in [0.4, 0.5) is 5.82 Å². The van der Waals surface area contributed by atoms with Gasteiger partial charge in [-0.05, 0) is 58.3 Å². The van der Waals surface area contributed by atoms with Crippen molar-refractivity contribution in [2.45, 2.75) is 45.3 Å². The molecule has 0 amide bonds. The SMILES string of the molecule is CC(C)(C)OC=O.Clc1nc(N2CCOCC2)c2cnn(C3CCNCC3)c2n1. The number of piperidine rings is 1. The minimum atomic E-state index is -0.318. The molecular formula is C19H29ClN6O3.